The van der Waals surface area contributed by atoms with E-state index >= 15 is 0 Å². The van der Waals surface area contributed by atoms with Gasteiger partial charge in [-0.3, -0.25) is 0 Å². The average Bonchev–Trinajstić information content (AvgIpc) is 2.67. The second kappa shape index (κ2) is 4.46. The highest BCUT2D eigenvalue weighted by molar-refractivity contribution is 5.75. The van der Waals surface area contributed by atoms with Crippen molar-refractivity contribution in [3.05, 3.63) is 0 Å². The first-order chi connectivity index (χ1) is 7.91. The molecule has 1 aliphatic carbocycles. The fraction of sp³-hybridized carbons (Fsp3) is 0.917. The normalized spacial score (nSPS) is 42.5. The number of hydrogen-bond donors (Lipinski definition) is 2. The first-order valence-corrected chi connectivity index (χ1v) is 6.19. The van der Waals surface area contributed by atoms with Crippen molar-refractivity contribution < 1.29 is 14.9 Å². The largest absolute Gasteiger partial charge is 0.460 e. The summed E-state index contributed by atoms with van der Waals surface area (Å²) in [4.78, 5) is 6.36. The molecule has 1 heterocycles. The van der Waals surface area contributed by atoms with Gasteiger partial charge in [0.05, 0.1) is 18.2 Å². The number of nitrogens with zero attached hydrogens (tertiary/aromatic N) is 2. The number of aliphatic hydroxyl groups is 2. The van der Waals surface area contributed by atoms with Gasteiger partial charge >= 0.3 is 0 Å². The Kier molecular flexibility index (Phi) is 3.32. The van der Waals surface area contributed by atoms with Crippen molar-refractivity contribution >= 4 is 6.02 Å². The summed E-state index contributed by atoms with van der Waals surface area (Å²) in [6.07, 6.45) is -0.370. The van der Waals surface area contributed by atoms with Gasteiger partial charge in [0.15, 0.2) is 0 Å². The molecule has 0 bridgehead atoms. The molecule has 6 atom stereocenters. The van der Waals surface area contributed by atoms with E-state index in [0.29, 0.717) is 12.4 Å². The molecule has 17 heavy (non-hydrogen) atoms. The lowest BCUT2D eigenvalue weighted by Gasteiger charge is -2.39. The number of aliphatic imine (C=N–C) groups is 1. The van der Waals surface area contributed by atoms with E-state index < -0.39 is 12.2 Å². The van der Waals surface area contributed by atoms with E-state index in [1.54, 1.807) is 6.92 Å². The number of aliphatic hydroxyl groups excluding tert-OH is 2. The molecule has 5 nitrogen and oxygen atoms in total. The molecule has 0 aromatic rings. The molecule has 5 heteroatoms. The molecule has 2 N–H and O–H groups in total. The van der Waals surface area contributed by atoms with Crippen molar-refractivity contribution in [3.63, 3.8) is 0 Å². The molecule has 1 saturated carbocycles. The topological polar surface area (TPSA) is 65.3 Å². The number of rotatable bonds is 1. The van der Waals surface area contributed by atoms with Gasteiger partial charge in [-0.2, -0.15) is 0 Å². The molecule has 0 saturated heterocycles. The lowest BCUT2D eigenvalue weighted by Crippen LogP contribution is -2.49. The highest BCUT2D eigenvalue weighted by atomic mass is 16.5. The second-order valence-corrected chi connectivity index (χ2v) is 5.44. The predicted molar refractivity (Wildman–Crippen MR) is 64.7 cm³/mol. The van der Waals surface area contributed by atoms with Crippen LogP contribution in [0.1, 0.15) is 20.3 Å². The summed E-state index contributed by atoms with van der Waals surface area (Å²) in [5.41, 5.74) is 0. The third kappa shape index (κ3) is 2.13. The zero-order valence-electron chi connectivity index (χ0n) is 10.9. The Morgan fingerprint density at radius 1 is 1.47 bits per heavy atom. The summed E-state index contributed by atoms with van der Waals surface area (Å²) in [6, 6.07) is 0.641. The third-order valence-corrected chi connectivity index (χ3v) is 3.92. The van der Waals surface area contributed by atoms with Crippen LogP contribution in [-0.4, -0.2) is 59.6 Å². The van der Waals surface area contributed by atoms with Crippen molar-refractivity contribution in [3.8, 4) is 0 Å². The van der Waals surface area contributed by atoms with Crippen LogP contribution in [0.2, 0.25) is 0 Å². The van der Waals surface area contributed by atoms with Gasteiger partial charge in [0.25, 0.3) is 6.02 Å². The van der Waals surface area contributed by atoms with E-state index in [1.165, 1.54) is 0 Å². The van der Waals surface area contributed by atoms with Crippen molar-refractivity contribution in [1.82, 2.24) is 4.90 Å². The molecule has 2 rings (SSSR count). The predicted octanol–water partition coefficient (Wildman–Crippen LogP) is 0.0691. The molecule has 0 amide bonds. The van der Waals surface area contributed by atoms with Gasteiger partial charge < -0.3 is 19.8 Å². The van der Waals surface area contributed by atoms with Gasteiger partial charge in [-0.15, -0.1) is 0 Å². The van der Waals surface area contributed by atoms with Gasteiger partial charge in [-0.25, -0.2) is 4.99 Å². The SMILES string of the molecule is C[C@H]1[C@H](O)[C@@H]([C@@H](C)O)C[C@@H]2OC(N(C)C)=N[C@H]12. The van der Waals surface area contributed by atoms with Gasteiger partial charge in [0, 0.05) is 25.9 Å². The monoisotopic (exact) mass is 242 g/mol. The Labute approximate surface area is 102 Å². The minimum absolute atomic E-state index is 0.00889. The molecule has 0 radical (unpaired) electrons. The summed E-state index contributed by atoms with van der Waals surface area (Å²) in [5, 5.41) is 19.9. The maximum Gasteiger partial charge on any atom is 0.287 e. The number of hydrogen-bond acceptors (Lipinski definition) is 5. The van der Waals surface area contributed by atoms with Crippen molar-refractivity contribution in [1.29, 1.82) is 0 Å². The summed E-state index contributed by atoms with van der Waals surface area (Å²) < 4.78 is 5.78. The van der Waals surface area contributed by atoms with Crippen LogP contribution in [0.25, 0.3) is 0 Å². The molecular formula is C12H22N2O3. The highest BCUT2D eigenvalue weighted by Crippen LogP contribution is 2.38. The van der Waals surface area contributed by atoms with E-state index in [2.05, 4.69) is 4.99 Å². The molecule has 0 aromatic heterocycles. The van der Waals surface area contributed by atoms with E-state index in [4.69, 9.17) is 4.74 Å². The maximum atomic E-state index is 10.2. The van der Waals surface area contributed by atoms with Crippen LogP contribution in [0.5, 0.6) is 0 Å². The zero-order valence-corrected chi connectivity index (χ0v) is 10.9. The lowest BCUT2D eigenvalue weighted by molar-refractivity contribution is -0.0707. The summed E-state index contributed by atoms with van der Waals surface area (Å²) in [7, 11) is 3.78. The molecular weight excluding hydrogens is 220 g/mol. The van der Waals surface area contributed by atoms with Crippen LogP contribution < -0.4 is 0 Å². The summed E-state index contributed by atoms with van der Waals surface area (Å²) >= 11 is 0. The lowest BCUT2D eigenvalue weighted by atomic mass is 9.73. The van der Waals surface area contributed by atoms with Crippen LogP contribution >= 0.6 is 0 Å². The Hall–Kier alpha value is -0.810. The van der Waals surface area contributed by atoms with Gasteiger partial charge in [-0.05, 0) is 13.3 Å². The van der Waals surface area contributed by atoms with E-state index in [9.17, 15) is 10.2 Å². The Morgan fingerprint density at radius 3 is 2.65 bits per heavy atom. The minimum Gasteiger partial charge on any atom is -0.460 e. The first kappa shape index (κ1) is 12.6. The van der Waals surface area contributed by atoms with E-state index in [1.807, 2.05) is 25.9 Å². The van der Waals surface area contributed by atoms with Crippen molar-refractivity contribution in [2.75, 3.05) is 14.1 Å². The number of amidine groups is 1. The number of ether oxygens (including phenoxy) is 1. The Morgan fingerprint density at radius 2 is 2.12 bits per heavy atom. The third-order valence-electron chi connectivity index (χ3n) is 3.92. The van der Waals surface area contributed by atoms with Crippen LogP contribution in [0.3, 0.4) is 0 Å². The molecule has 2 aliphatic rings. The molecule has 0 aromatic carbocycles. The Balaban J connectivity index is 2.15. The molecule has 98 valence electrons. The maximum absolute atomic E-state index is 10.2. The fourth-order valence-electron chi connectivity index (χ4n) is 2.79. The fourth-order valence-corrected chi connectivity index (χ4v) is 2.79. The second-order valence-electron chi connectivity index (χ2n) is 5.44. The van der Waals surface area contributed by atoms with E-state index in [-0.39, 0.29) is 24.0 Å². The van der Waals surface area contributed by atoms with Crippen molar-refractivity contribution in [2.45, 2.75) is 44.6 Å². The van der Waals surface area contributed by atoms with Crippen LogP contribution in [0.15, 0.2) is 4.99 Å². The van der Waals surface area contributed by atoms with Gasteiger partial charge in [-0.1, -0.05) is 6.92 Å². The minimum atomic E-state index is -0.514. The average molecular weight is 242 g/mol. The van der Waals surface area contributed by atoms with E-state index in [0.717, 1.165) is 0 Å². The van der Waals surface area contributed by atoms with Gasteiger partial charge in [0.1, 0.15) is 6.10 Å². The molecule has 0 unspecified atom stereocenters. The number of fused-ring (bicyclic) bond motifs is 1. The quantitative estimate of drug-likeness (QED) is 0.683. The smallest absolute Gasteiger partial charge is 0.287 e. The zero-order chi connectivity index (χ0) is 12.7. The molecule has 1 aliphatic heterocycles. The highest BCUT2D eigenvalue weighted by Gasteiger charge is 2.47. The van der Waals surface area contributed by atoms with Crippen LogP contribution in [0, 0.1) is 11.8 Å². The Bertz CT molecular complexity index is 317. The van der Waals surface area contributed by atoms with Crippen molar-refractivity contribution in [2.24, 2.45) is 16.8 Å². The summed E-state index contributed by atoms with van der Waals surface area (Å²) in [5.74, 6) is -0.103. The molecule has 0 spiro atoms. The van der Waals surface area contributed by atoms with Crippen LogP contribution in [-0.2, 0) is 4.74 Å². The molecule has 1 fully saturated rings. The first-order valence-electron chi connectivity index (χ1n) is 6.19. The van der Waals surface area contributed by atoms with Crippen LogP contribution in [0.4, 0.5) is 0 Å². The summed E-state index contributed by atoms with van der Waals surface area (Å²) in [6.45, 7) is 3.70. The van der Waals surface area contributed by atoms with Gasteiger partial charge in [0.2, 0.25) is 0 Å². The standard InChI is InChI=1S/C12H22N2O3/c1-6-10-9(17-12(13-10)14(3)4)5-8(7(2)15)11(6)16/h6-11,15-16H,5H2,1-4H3/t6-,7-,8-,9+,10-,11+/m1/s1.